The minimum absolute atomic E-state index is 0.253. The summed E-state index contributed by atoms with van der Waals surface area (Å²) >= 11 is 0. The molecule has 140 valence electrons. The van der Waals surface area contributed by atoms with Crippen LogP contribution in [0.15, 0.2) is 113 Å². The van der Waals surface area contributed by atoms with Crippen LogP contribution in [-0.4, -0.2) is 0 Å². The average Bonchev–Trinajstić information content (AvgIpc) is 2.95. The first-order chi connectivity index (χ1) is 13.6. The summed E-state index contributed by atoms with van der Waals surface area (Å²) in [7, 11) is 0. The molecule has 0 unspecified atom stereocenters. The number of hydrogen-bond acceptors (Lipinski definition) is 0. The van der Waals surface area contributed by atoms with Crippen LogP contribution >= 0.6 is 0 Å². The van der Waals surface area contributed by atoms with Crippen molar-refractivity contribution in [3.8, 4) is 0 Å². The van der Waals surface area contributed by atoms with Gasteiger partial charge in [0.05, 0.1) is 5.41 Å². The van der Waals surface area contributed by atoms with Gasteiger partial charge in [-0.2, -0.15) is 0 Å². The molecule has 1 aliphatic rings. The van der Waals surface area contributed by atoms with Crippen molar-refractivity contribution in [2.75, 3.05) is 0 Å². The second-order valence-corrected chi connectivity index (χ2v) is 7.96. The molecule has 0 saturated carbocycles. The van der Waals surface area contributed by atoms with Gasteiger partial charge in [-0.15, -0.1) is 0 Å². The topological polar surface area (TPSA) is 0 Å². The second kappa shape index (κ2) is 7.28. The van der Waals surface area contributed by atoms with Crippen molar-refractivity contribution < 1.29 is 0 Å². The molecule has 0 heteroatoms. The van der Waals surface area contributed by atoms with Gasteiger partial charge in [0, 0.05) is 5.92 Å². The molecule has 0 saturated heterocycles. The van der Waals surface area contributed by atoms with Crippen LogP contribution in [0.2, 0.25) is 0 Å². The summed E-state index contributed by atoms with van der Waals surface area (Å²) in [6, 6.07) is 33.1. The number of hydrogen-bond donors (Lipinski definition) is 0. The predicted molar refractivity (Wildman–Crippen MR) is 119 cm³/mol. The Labute approximate surface area is 169 Å². The number of allylic oxidation sites excluding steroid dienone is 4. The zero-order chi connectivity index (χ0) is 19.7. The fraction of sp³-hybridized carbons (Fsp3) is 0.214. The van der Waals surface area contributed by atoms with Crippen LogP contribution < -0.4 is 0 Å². The third kappa shape index (κ3) is 2.67. The Morgan fingerprint density at radius 1 is 0.464 bits per heavy atom. The number of benzene rings is 3. The van der Waals surface area contributed by atoms with Crippen molar-refractivity contribution in [2.24, 2.45) is 5.92 Å². The molecule has 0 atom stereocenters. The van der Waals surface area contributed by atoms with E-state index in [1.54, 1.807) is 0 Å². The van der Waals surface area contributed by atoms with Crippen LogP contribution in [-0.2, 0) is 5.41 Å². The lowest BCUT2D eigenvalue weighted by Gasteiger charge is -2.43. The Kier molecular flexibility index (Phi) is 4.81. The predicted octanol–water partition coefficient (Wildman–Crippen LogP) is 7.32. The Balaban J connectivity index is 2.15. The molecular weight excluding hydrogens is 336 g/mol. The van der Waals surface area contributed by atoms with Crippen LogP contribution in [0.5, 0.6) is 0 Å². The number of rotatable bonds is 4. The minimum Gasteiger partial charge on any atom is -0.0622 e. The monoisotopic (exact) mass is 364 g/mol. The van der Waals surface area contributed by atoms with E-state index in [0.29, 0.717) is 5.92 Å². The third-order valence-corrected chi connectivity index (χ3v) is 6.73. The summed E-state index contributed by atoms with van der Waals surface area (Å²) in [4.78, 5) is 0. The maximum absolute atomic E-state index is 2.32. The van der Waals surface area contributed by atoms with Gasteiger partial charge in [0.15, 0.2) is 0 Å². The Bertz CT molecular complexity index is 901. The van der Waals surface area contributed by atoms with Crippen molar-refractivity contribution in [1.82, 2.24) is 0 Å². The normalized spacial score (nSPS) is 15.4. The molecule has 0 aromatic heterocycles. The third-order valence-electron chi connectivity index (χ3n) is 6.73. The maximum Gasteiger partial charge on any atom is 0.0553 e. The lowest BCUT2D eigenvalue weighted by molar-refractivity contribution is 0.485. The van der Waals surface area contributed by atoms with Crippen molar-refractivity contribution in [2.45, 2.75) is 33.1 Å². The van der Waals surface area contributed by atoms with Crippen LogP contribution in [0.25, 0.3) is 0 Å². The highest BCUT2D eigenvalue weighted by atomic mass is 14.5. The van der Waals surface area contributed by atoms with E-state index in [0.717, 1.165) is 0 Å². The first-order valence-corrected chi connectivity index (χ1v) is 10.1. The van der Waals surface area contributed by atoms with Crippen molar-refractivity contribution in [1.29, 1.82) is 0 Å². The van der Waals surface area contributed by atoms with Gasteiger partial charge in [0.1, 0.15) is 0 Å². The zero-order valence-electron chi connectivity index (χ0n) is 17.2. The van der Waals surface area contributed by atoms with Gasteiger partial charge < -0.3 is 0 Å². The van der Waals surface area contributed by atoms with Crippen molar-refractivity contribution in [3.05, 3.63) is 130 Å². The van der Waals surface area contributed by atoms with E-state index in [1.165, 1.54) is 39.0 Å². The summed E-state index contributed by atoms with van der Waals surface area (Å²) in [5.41, 5.74) is 9.62. The molecule has 0 spiro atoms. The molecule has 28 heavy (non-hydrogen) atoms. The Hall–Kier alpha value is -2.86. The van der Waals surface area contributed by atoms with Gasteiger partial charge in [-0.25, -0.2) is 0 Å². The van der Waals surface area contributed by atoms with Gasteiger partial charge in [0.2, 0.25) is 0 Å². The molecule has 0 amide bonds. The fourth-order valence-electron chi connectivity index (χ4n) is 5.10. The molecule has 4 rings (SSSR count). The largest absolute Gasteiger partial charge is 0.0622 e. The molecule has 3 aromatic rings. The highest BCUT2D eigenvalue weighted by Crippen LogP contribution is 2.54. The maximum atomic E-state index is 2.32. The van der Waals surface area contributed by atoms with Gasteiger partial charge >= 0.3 is 0 Å². The summed E-state index contributed by atoms with van der Waals surface area (Å²) in [5, 5.41) is 0. The first-order valence-electron chi connectivity index (χ1n) is 10.1. The van der Waals surface area contributed by atoms with E-state index in [9.17, 15) is 0 Å². The van der Waals surface area contributed by atoms with E-state index < -0.39 is 0 Å². The standard InChI is InChI=1S/C28H28/c1-20-21(2)23(4)27(22(20)3)28(24-14-8-5-9-15-24,25-16-10-6-11-17-25)26-18-12-7-13-19-26/h5-19,27H,1-4H3. The van der Waals surface area contributed by atoms with Gasteiger partial charge in [-0.1, -0.05) is 102 Å². The molecular formula is C28H28. The van der Waals surface area contributed by atoms with Gasteiger partial charge in [-0.05, 0) is 55.5 Å². The van der Waals surface area contributed by atoms with Crippen LogP contribution in [0.1, 0.15) is 44.4 Å². The van der Waals surface area contributed by atoms with E-state index in [1.807, 2.05) is 0 Å². The molecule has 0 heterocycles. The van der Waals surface area contributed by atoms with Gasteiger partial charge in [-0.3, -0.25) is 0 Å². The highest BCUT2D eigenvalue weighted by molar-refractivity contribution is 5.60. The lowest BCUT2D eigenvalue weighted by Crippen LogP contribution is -2.38. The smallest absolute Gasteiger partial charge is 0.0553 e. The summed E-state index contributed by atoms with van der Waals surface area (Å²) in [6.45, 7) is 9.20. The van der Waals surface area contributed by atoms with Crippen LogP contribution in [0.3, 0.4) is 0 Å². The van der Waals surface area contributed by atoms with E-state index >= 15 is 0 Å². The molecule has 0 bridgehead atoms. The molecule has 1 aliphatic carbocycles. The molecule has 0 aliphatic heterocycles. The molecule has 3 aromatic carbocycles. The van der Waals surface area contributed by atoms with Crippen molar-refractivity contribution >= 4 is 0 Å². The Morgan fingerprint density at radius 3 is 1.04 bits per heavy atom. The lowest BCUT2D eigenvalue weighted by atomic mass is 9.59. The minimum atomic E-state index is -0.253. The van der Waals surface area contributed by atoms with Crippen molar-refractivity contribution in [3.63, 3.8) is 0 Å². The molecule has 0 radical (unpaired) electrons. The Morgan fingerprint density at radius 2 is 0.750 bits per heavy atom. The molecule has 0 nitrogen and oxygen atoms in total. The molecule has 0 fully saturated rings. The fourth-order valence-corrected chi connectivity index (χ4v) is 5.10. The zero-order valence-corrected chi connectivity index (χ0v) is 17.2. The molecule has 0 N–H and O–H groups in total. The first kappa shape index (κ1) is 18.5. The quantitative estimate of drug-likeness (QED) is 0.425. The van der Waals surface area contributed by atoms with E-state index in [4.69, 9.17) is 0 Å². The van der Waals surface area contributed by atoms with Gasteiger partial charge in [0.25, 0.3) is 0 Å². The van der Waals surface area contributed by atoms with Crippen LogP contribution in [0, 0.1) is 5.92 Å². The summed E-state index contributed by atoms with van der Waals surface area (Å²) in [5.74, 6) is 0.305. The van der Waals surface area contributed by atoms with E-state index in [2.05, 4.69) is 119 Å². The van der Waals surface area contributed by atoms with E-state index in [-0.39, 0.29) is 5.41 Å². The SMILES string of the molecule is CC1=C(C)C(C(c2ccccc2)(c2ccccc2)c2ccccc2)C(C)=C1C. The average molecular weight is 365 g/mol. The second-order valence-electron chi connectivity index (χ2n) is 7.96. The summed E-state index contributed by atoms with van der Waals surface area (Å²) < 4.78 is 0. The highest BCUT2D eigenvalue weighted by Gasteiger charge is 2.47. The summed E-state index contributed by atoms with van der Waals surface area (Å²) in [6.07, 6.45) is 0. The van der Waals surface area contributed by atoms with Crippen LogP contribution in [0.4, 0.5) is 0 Å².